The smallest absolute Gasteiger partial charge is 0.0200 e. The minimum absolute atomic E-state index is 0.684. The molecule has 2 nitrogen and oxygen atoms in total. The van der Waals surface area contributed by atoms with Crippen LogP contribution in [0, 0.1) is 0 Å². The molecule has 0 aromatic heterocycles. The third-order valence-electron chi connectivity index (χ3n) is 3.11. The molecule has 1 aliphatic heterocycles. The van der Waals surface area contributed by atoms with Crippen molar-refractivity contribution in [3.63, 3.8) is 0 Å². The Labute approximate surface area is 96.6 Å². The van der Waals surface area contributed by atoms with E-state index in [4.69, 9.17) is 0 Å². The number of hydrogen-bond acceptors (Lipinski definition) is 2. The van der Waals surface area contributed by atoms with Crippen LogP contribution in [0.3, 0.4) is 0 Å². The first-order chi connectivity index (χ1) is 7.06. The maximum atomic E-state index is 2.63. The first kappa shape index (κ1) is 14.9. The molecule has 0 aromatic rings. The molecule has 1 fully saturated rings. The van der Waals surface area contributed by atoms with Crippen LogP contribution in [0.5, 0.6) is 0 Å². The molecule has 0 saturated carbocycles. The number of piperazine rings is 1. The predicted octanol–water partition coefficient (Wildman–Crippen LogP) is 2.84. The highest BCUT2D eigenvalue weighted by Gasteiger charge is 2.29. The molecule has 1 heterocycles. The summed E-state index contributed by atoms with van der Waals surface area (Å²) in [7, 11) is 0. The Morgan fingerprint density at radius 3 is 1.73 bits per heavy atom. The number of hydrogen-bond donors (Lipinski definition) is 0. The molecule has 0 aromatic carbocycles. The largest absolute Gasteiger partial charge is 0.301 e. The Morgan fingerprint density at radius 1 is 1.07 bits per heavy atom. The zero-order valence-corrected chi connectivity index (χ0v) is 11.7. The van der Waals surface area contributed by atoms with E-state index in [0.717, 1.165) is 0 Å². The van der Waals surface area contributed by atoms with Gasteiger partial charge in [-0.25, -0.2) is 0 Å². The third-order valence-corrected chi connectivity index (χ3v) is 3.11. The fraction of sp³-hybridized carbons (Fsp3) is 1.00. The topological polar surface area (TPSA) is 6.48 Å². The molecule has 0 radical (unpaired) electrons. The van der Waals surface area contributed by atoms with Crippen LogP contribution in [0.2, 0.25) is 0 Å². The summed E-state index contributed by atoms with van der Waals surface area (Å²) in [6.45, 7) is 19.2. The quantitative estimate of drug-likeness (QED) is 0.697. The fourth-order valence-corrected chi connectivity index (χ4v) is 2.72. The van der Waals surface area contributed by atoms with E-state index in [1.54, 1.807) is 0 Å². The van der Waals surface area contributed by atoms with E-state index in [9.17, 15) is 0 Å². The Bertz CT molecular complexity index is 145. The lowest BCUT2D eigenvalue weighted by Crippen LogP contribution is -2.58. The first-order valence-corrected chi connectivity index (χ1v) is 6.56. The highest BCUT2D eigenvalue weighted by atomic mass is 15.3. The monoisotopic (exact) mass is 214 g/mol. The van der Waals surface area contributed by atoms with E-state index in [2.05, 4.69) is 44.4 Å². The van der Waals surface area contributed by atoms with Gasteiger partial charge in [-0.05, 0) is 34.2 Å². The van der Waals surface area contributed by atoms with Crippen LogP contribution in [0.25, 0.3) is 0 Å². The lowest BCUT2D eigenvalue weighted by Gasteiger charge is -2.46. The summed E-state index contributed by atoms with van der Waals surface area (Å²) in [6.07, 6.45) is 0. The third kappa shape index (κ3) is 4.12. The molecule has 0 bridgehead atoms. The predicted molar refractivity (Wildman–Crippen MR) is 69.4 cm³/mol. The van der Waals surface area contributed by atoms with Crippen molar-refractivity contribution in [3.05, 3.63) is 0 Å². The van der Waals surface area contributed by atoms with Gasteiger partial charge in [0.1, 0.15) is 0 Å². The van der Waals surface area contributed by atoms with Crippen LogP contribution in [-0.4, -0.2) is 47.6 Å². The standard InChI is InChI=1S/C11H24N2.C2H6/c1-6-12-7-10(4)13(9(2)3)11(5)8-12;1-2/h9-11H,6-8H2,1-5H3;1-2H3. The first-order valence-electron chi connectivity index (χ1n) is 6.56. The summed E-state index contributed by atoms with van der Waals surface area (Å²) < 4.78 is 0. The Hall–Kier alpha value is -0.0800. The molecule has 92 valence electrons. The van der Waals surface area contributed by atoms with Crippen molar-refractivity contribution >= 4 is 0 Å². The zero-order valence-electron chi connectivity index (χ0n) is 11.7. The van der Waals surface area contributed by atoms with Gasteiger partial charge in [0.15, 0.2) is 0 Å². The molecule has 2 heteroatoms. The van der Waals surface area contributed by atoms with Crippen LogP contribution in [-0.2, 0) is 0 Å². The molecule has 2 unspecified atom stereocenters. The molecule has 0 N–H and O–H groups in total. The van der Waals surface area contributed by atoms with Gasteiger partial charge in [0.05, 0.1) is 0 Å². The van der Waals surface area contributed by atoms with Crippen LogP contribution in [0.15, 0.2) is 0 Å². The normalized spacial score (nSPS) is 28.8. The van der Waals surface area contributed by atoms with E-state index in [0.29, 0.717) is 18.1 Å². The lowest BCUT2D eigenvalue weighted by atomic mass is 10.1. The summed E-state index contributed by atoms with van der Waals surface area (Å²) in [5.41, 5.74) is 0. The van der Waals surface area contributed by atoms with Gasteiger partial charge >= 0.3 is 0 Å². The van der Waals surface area contributed by atoms with E-state index in [-0.39, 0.29) is 0 Å². The summed E-state index contributed by atoms with van der Waals surface area (Å²) in [5.74, 6) is 0. The molecule has 0 aliphatic carbocycles. The minimum Gasteiger partial charge on any atom is -0.301 e. The van der Waals surface area contributed by atoms with Crippen LogP contribution in [0.4, 0.5) is 0 Å². The van der Waals surface area contributed by atoms with Gasteiger partial charge < -0.3 is 4.90 Å². The number of likely N-dealkylation sites (N-methyl/N-ethyl adjacent to an activating group) is 1. The van der Waals surface area contributed by atoms with Crippen molar-refractivity contribution in [1.29, 1.82) is 0 Å². The Morgan fingerprint density at radius 2 is 1.47 bits per heavy atom. The van der Waals surface area contributed by atoms with Crippen molar-refractivity contribution in [3.8, 4) is 0 Å². The van der Waals surface area contributed by atoms with Gasteiger partial charge in [0.25, 0.3) is 0 Å². The SMILES string of the molecule is CC.CCN1CC(C)N(C(C)C)C(C)C1. The molecular weight excluding hydrogens is 184 g/mol. The maximum absolute atomic E-state index is 2.63. The van der Waals surface area contributed by atoms with Crippen molar-refractivity contribution in [2.24, 2.45) is 0 Å². The molecule has 1 rings (SSSR count). The van der Waals surface area contributed by atoms with E-state index < -0.39 is 0 Å². The molecule has 1 saturated heterocycles. The lowest BCUT2D eigenvalue weighted by molar-refractivity contribution is 0.0190. The fourth-order valence-electron chi connectivity index (χ4n) is 2.72. The average molecular weight is 214 g/mol. The van der Waals surface area contributed by atoms with Crippen LogP contribution in [0.1, 0.15) is 48.5 Å². The summed E-state index contributed by atoms with van der Waals surface area (Å²) in [5, 5.41) is 0. The molecule has 15 heavy (non-hydrogen) atoms. The second-order valence-electron chi connectivity index (χ2n) is 4.59. The molecular formula is C13H30N2. The highest BCUT2D eigenvalue weighted by Crippen LogP contribution is 2.17. The maximum Gasteiger partial charge on any atom is 0.0200 e. The molecule has 0 spiro atoms. The molecule has 1 aliphatic rings. The van der Waals surface area contributed by atoms with Gasteiger partial charge in [-0.3, -0.25) is 4.90 Å². The van der Waals surface area contributed by atoms with E-state index >= 15 is 0 Å². The molecule has 2 atom stereocenters. The van der Waals surface area contributed by atoms with Gasteiger partial charge in [0.2, 0.25) is 0 Å². The second-order valence-corrected chi connectivity index (χ2v) is 4.59. The second kappa shape index (κ2) is 7.24. The summed E-state index contributed by atoms with van der Waals surface area (Å²) >= 11 is 0. The van der Waals surface area contributed by atoms with Gasteiger partial charge in [-0.2, -0.15) is 0 Å². The van der Waals surface area contributed by atoms with Gasteiger partial charge in [0, 0.05) is 31.2 Å². The number of rotatable bonds is 2. The molecule has 0 amide bonds. The van der Waals surface area contributed by atoms with Crippen LogP contribution >= 0.6 is 0 Å². The Kier molecular flexibility index (Phi) is 7.20. The number of nitrogens with zero attached hydrogens (tertiary/aromatic N) is 2. The van der Waals surface area contributed by atoms with E-state index in [1.807, 2.05) is 13.8 Å². The van der Waals surface area contributed by atoms with Crippen molar-refractivity contribution in [1.82, 2.24) is 9.80 Å². The van der Waals surface area contributed by atoms with E-state index in [1.165, 1.54) is 19.6 Å². The highest BCUT2D eigenvalue weighted by molar-refractivity contribution is 4.86. The van der Waals surface area contributed by atoms with Crippen molar-refractivity contribution in [2.45, 2.75) is 66.6 Å². The van der Waals surface area contributed by atoms with Gasteiger partial charge in [-0.1, -0.05) is 20.8 Å². The average Bonchev–Trinajstić information content (AvgIpc) is 2.19. The van der Waals surface area contributed by atoms with Crippen LogP contribution < -0.4 is 0 Å². The minimum atomic E-state index is 0.684. The Balaban J connectivity index is 0.000000921. The van der Waals surface area contributed by atoms with Crippen molar-refractivity contribution < 1.29 is 0 Å². The summed E-state index contributed by atoms with van der Waals surface area (Å²) in [4.78, 5) is 5.18. The zero-order chi connectivity index (χ0) is 12.0. The van der Waals surface area contributed by atoms with Gasteiger partial charge in [-0.15, -0.1) is 0 Å². The summed E-state index contributed by atoms with van der Waals surface area (Å²) in [6, 6.07) is 2.11. The van der Waals surface area contributed by atoms with Crippen molar-refractivity contribution in [2.75, 3.05) is 19.6 Å².